The molecule has 112 valence electrons. The number of rotatable bonds is 6. The molecule has 0 saturated carbocycles. The van der Waals surface area contributed by atoms with Crippen molar-refractivity contribution in [2.24, 2.45) is 0 Å². The van der Waals surface area contributed by atoms with Crippen LogP contribution in [0.2, 0.25) is 0 Å². The summed E-state index contributed by atoms with van der Waals surface area (Å²) in [6, 6.07) is 0.869. The van der Waals surface area contributed by atoms with Gasteiger partial charge in [0.25, 0.3) is 0 Å². The van der Waals surface area contributed by atoms with Crippen LogP contribution in [0, 0.1) is 0 Å². The van der Waals surface area contributed by atoms with Crippen molar-refractivity contribution >= 4 is 0 Å². The molecule has 2 rings (SSSR count). The van der Waals surface area contributed by atoms with Crippen molar-refractivity contribution in [3.05, 3.63) is 0 Å². The molecule has 3 heteroatoms. The first-order valence-corrected chi connectivity index (χ1v) is 8.40. The van der Waals surface area contributed by atoms with Gasteiger partial charge in [-0.15, -0.1) is 0 Å². The zero-order valence-corrected chi connectivity index (χ0v) is 12.7. The molecule has 3 nitrogen and oxygen atoms in total. The van der Waals surface area contributed by atoms with Gasteiger partial charge in [0.05, 0.1) is 6.10 Å². The lowest BCUT2D eigenvalue weighted by atomic mass is 9.99. The van der Waals surface area contributed by atoms with Gasteiger partial charge in [0.1, 0.15) is 0 Å². The first-order valence-electron chi connectivity index (χ1n) is 8.40. The van der Waals surface area contributed by atoms with Crippen molar-refractivity contribution in [2.75, 3.05) is 32.7 Å². The molecule has 0 aromatic rings. The zero-order valence-electron chi connectivity index (χ0n) is 12.7. The highest BCUT2D eigenvalue weighted by molar-refractivity contribution is 4.81. The molecule has 0 aliphatic carbocycles. The number of hydrogen-bond acceptors (Lipinski definition) is 3. The Bertz CT molecular complexity index is 231. The fourth-order valence-electron chi connectivity index (χ4n) is 3.57. The van der Waals surface area contributed by atoms with E-state index < -0.39 is 0 Å². The molecule has 0 bridgehead atoms. The average Bonchev–Trinajstić information content (AvgIpc) is 2.45. The number of unbranched alkanes of at least 4 members (excludes halogenated alkanes) is 1. The summed E-state index contributed by atoms with van der Waals surface area (Å²) in [5.74, 6) is 0. The lowest BCUT2D eigenvalue weighted by molar-refractivity contribution is 0.0910. The van der Waals surface area contributed by atoms with Gasteiger partial charge >= 0.3 is 0 Å². The van der Waals surface area contributed by atoms with E-state index in [1.54, 1.807) is 0 Å². The number of piperidine rings is 2. The Morgan fingerprint density at radius 3 is 2.32 bits per heavy atom. The van der Waals surface area contributed by atoms with Crippen LogP contribution in [0.4, 0.5) is 0 Å². The van der Waals surface area contributed by atoms with Gasteiger partial charge in [-0.3, -0.25) is 0 Å². The molecule has 1 unspecified atom stereocenters. The summed E-state index contributed by atoms with van der Waals surface area (Å²) in [5, 5.41) is 9.25. The smallest absolute Gasteiger partial charge is 0.0512 e. The predicted molar refractivity (Wildman–Crippen MR) is 80.4 cm³/mol. The lowest BCUT2D eigenvalue weighted by Gasteiger charge is -2.40. The Balaban J connectivity index is 1.57. The number of likely N-dealkylation sites (tertiary alicyclic amines) is 2. The van der Waals surface area contributed by atoms with Crippen LogP contribution >= 0.6 is 0 Å². The maximum atomic E-state index is 9.25. The van der Waals surface area contributed by atoms with Gasteiger partial charge < -0.3 is 14.9 Å². The van der Waals surface area contributed by atoms with Gasteiger partial charge in [0, 0.05) is 6.04 Å². The fraction of sp³-hybridized carbons (Fsp3) is 1.00. The van der Waals surface area contributed by atoms with Crippen LogP contribution in [0.1, 0.15) is 58.3 Å². The summed E-state index contributed by atoms with van der Waals surface area (Å²) in [5.41, 5.74) is 0. The minimum absolute atomic E-state index is 0.121. The second-order valence-electron chi connectivity index (χ2n) is 6.51. The summed E-state index contributed by atoms with van der Waals surface area (Å²) in [7, 11) is 0. The molecule has 0 aromatic carbocycles. The number of aliphatic hydroxyl groups excluding tert-OH is 1. The Morgan fingerprint density at radius 1 is 1.00 bits per heavy atom. The molecular formula is C16H32N2O. The fourth-order valence-corrected chi connectivity index (χ4v) is 3.57. The average molecular weight is 268 g/mol. The van der Waals surface area contributed by atoms with Gasteiger partial charge in [-0.05, 0) is 84.6 Å². The summed E-state index contributed by atoms with van der Waals surface area (Å²) in [6.07, 6.45) is 10.3. The van der Waals surface area contributed by atoms with Crippen LogP contribution in [0.15, 0.2) is 0 Å². The van der Waals surface area contributed by atoms with Crippen LogP contribution in [0.3, 0.4) is 0 Å². The minimum atomic E-state index is -0.121. The van der Waals surface area contributed by atoms with Gasteiger partial charge in [0.15, 0.2) is 0 Å². The molecule has 1 atom stereocenters. The predicted octanol–water partition coefficient (Wildman–Crippen LogP) is 2.49. The first kappa shape index (κ1) is 15.3. The Hall–Kier alpha value is -0.120. The van der Waals surface area contributed by atoms with E-state index in [-0.39, 0.29) is 6.10 Å². The van der Waals surface area contributed by atoms with Gasteiger partial charge in [-0.25, -0.2) is 0 Å². The van der Waals surface area contributed by atoms with Crippen molar-refractivity contribution in [3.8, 4) is 0 Å². The maximum Gasteiger partial charge on any atom is 0.0512 e. The molecule has 19 heavy (non-hydrogen) atoms. The van der Waals surface area contributed by atoms with E-state index in [1.165, 1.54) is 77.7 Å². The SMILES string of the molecule is CC(O)CCCCN1CCC(N2CCCCC2)CC1. The minimum Gasteiger partial charge on any atom is -0.393 e. The van der Waals surface area contributed by atoms with E-state index >= 15 is 0 Å². The standard InChI is InChI=1S/C16H32N2O/c1-15(19)7-3-6-10-17-13-8-16(9-14-17)18-11-4-2-5-12-18/h15-16,19H,2-14H2,1H3. The largest absolute Gasteiger partial charge is 0.393 e. The van der Waals surface area contributed by atoms with E-state index in [4.69, 9.17) is 0 Å². The zero-order chi connectivity index (χ0) is 13.5. The van der Waals surface area contributed by atoms with Crippen LogP contribution in [0.5, 0.6) is 0 Å². The first-order chi connectivity index (χ1) is 9.25. The monoisotopic (exact) mass is 268 g/mol. The molecule has 0 spiro atoms. The molecule has 2 saturated heterocycles. The lowest BCUT2D eigenvalue weighted by Crippen LogP contribution is -2.46. The Kier molecular flexibility index (Phi) is 6.62. The third-order valence-corrected chi connectivity index (χ3v) is 4.81. The molecule has 2 aliphatic heterocycles. The van der Waals surface area contributed by atoms with Crippen LogP contribution in [-0.4, -0.2) is 59.8 Å². The molecule has 2 aliphatic rings. The summed E-state index contributed by atoms with van der Waals surface area (Å²) in [6.45, 7) is 8.40. The van der Waals surface area contributed by atoms with E-state index in [0.717, 1.165) is 12.5 Å². The summed E-state index contributed by atoms with van der Waals surface area (Å²) < 4.78 is 0. The number of hydrogen-bond donors (Lipinski definition) is 1. The van der Waals surface area contributed by atoms with E-state index in [9.17, 15) is 5.11 Å². The molecule has 2 fully saturated rings. The molecule has 1 N–H and O–H groups in total. The van der Waals surface area contributed by atoms with Crippen molar-refractivity contribution < 1.29 is 5.11 Å². The molecule has 0 radical (unpaired) electrons. The number of aliphatic hydroxyl groups is 1. The van der Waals surface area contributed by atoms with E-state index in [0.29, 0.717) is 0 Å². The molecule has 0 aromatic heterocycles. The second-order valence-corrected chi connectivity index (χ2v) is 6.51. The Labute approximate surface area is 119 Å². The molecular weight excluding hydrogens is 236 g/mol. The quantitative estimate of drug-likeness (QED) is 0.750. The normalized spacial score (nSPS) is 25.6. The van der Waals surface area contributed by atoms with Crippen LogP contribution in [-0.2, 0) is 0 Å². The van der Waals surface area contributed by atoms with Crippen LogP contribution in [0.25, 0.3) is 0 Å². The van der Waals surface area contributed by atoms with Crippen molar-refractivity contribution in [1.82, 2.24) is 9.80 Å². The van der Waals surface area contributed by atoms with Crippen molar-refractivity contribution in [2.45, 2.75) is 70.4 Å². The third kappa shape index (κ3) is 5.41. The van der Waals surface area contributed by atoms with Gasteiger partial charge in [-0.2, -0.15) is 0 Å². The van der Waals surface area contributed by atoms with E-state index in [2.05, 4.69) is 9.80 Å². The summed E-state index contributed by atoms with van der Waals surface area (Å²) in [4.78, 5) is 5.37. The number of nitrogens with zero attached hydrogens (tertiary/aromatic N) is 2. The van der Waals surface area contributed by atoms with E-state index in [1.807, 2.05) is 6.92 Å². The highest BCUT2D eigenvalue weighted by Gasteiger charge is 2.25. The highest BCUT2D eigenvalue weighted by Crippen LogP contribution is 2.21. The second kappa shape index (κ2) is 8.23. The molecule has 2 heterocycles. The topological polar surface area (TPSA) is 26.7 Å². The molecule has 0 amide bonds. The third-order valence-electron chi connectivity index (χ3n) is 4.81. The maximum absolute atomic E-state index is 9.25. The van der Waals surface area contributed by atoms with Crippen molar-refractivity contribution in [1.29, 1.82) is 0 Å². The van der Waals surface area contributed by atoms with Crippen LogP contribution < -0.4 is 0 Å². The summed E-state index contributed by atoms with van der Waals surface area (Å²) >= 11 is 0. The van der Waals surface area contributed by atoms with Crippen molar-refractivity contribution in [3.63, 3.8) is 0 Å². The van der Waals surface area contributed by atoms with Gasteiger partial charge in [-0.1, -0.05) is 6.42 Å². The highest BCUT2D eigenvalue weighted by atomic mass is 16.3. The Morgan fingerprint density at radius 2 is 1.68 bits per heavy atom. The van der Waals surface area contributed by atoms with Gasteiger partial charge in [0.2, 0.25) is 0 Å².